The molecule has 1 amide bonds. The van der Waals surface area contributed by atoms with Crippen molar-refractivity contribution < 1.29 is 4.79 Å². The van der Waals surface area contributed by atoms with E-state index in [0.717, 1.165) is 5.69 Å². The summed E-state index contributed by atoms with van der Waals surface area (Å²) in [5, 5.41) is 5.85. The molecule has 0 bridgehead atoms. The molecule has 1 heterocycles. The lowest BCUT2D eigenvalue weighted by atomic mass is 10.3. The van der Waals surface area contributed by atoms with Gasteiger partial charge in [0.25, 0.3) is 5.91 Å². The highest BCUT2D eigenvalue weighted by Gasteiger charge is 2.14. The Morgan fingerprint density at radius 3 is 2.64 bits per heavy atom. The number of carbonyl (C=O) groups excluding carboxylic acids is 1. The van der Waals surface area contributed by atoms with Crippen LogP contribution >= 0.6 is 0 Å². The molecule has 0 aliphatic carbocycles. The molecule has 2 N–H and O–H groups in total. The zero-order valence-electron chi connectivity index (χ0n) is 9.09. The zero-order chi connectivity index (χ0) is 10.7. The van der Waals surface area contributed by atoms with E-state index in [1.807, 2.05) is 44.8 Å². The molecule has 0 unspecified atom stereocenters. The number of nitrogens with zero attached hydrogens (tertiary/aromatic N) is 1. The molecule has 14 heavy (non-hydrogen) atoms. The van der Waals surface area contributed by atoms with Crippen molar-refractivity contribution in [3.63, 3.8) is 0 Å². The van der Waals surface area contributed by atoms with Crippen LogP contribution in [0.3, 0.4) is 0 Å². The number of aromatic nitrogens is 1. The summed E-state index contributed by atoms with van der Waals surface area (Å²) in [6.07, 6.45) is 1.86. The molecule has 0 radical (unpaired) electrons. The van der Waals surface area contributed by atoms with Crippen molar-refractivity contribution in [1.82, 2.24) is 9.88 Å². The van der Waals surface area contributed by atoms with Gasteiger partial charge in [-0.05, 0) is 19.9 Å². The van der Waals surface area contributed by atoms with E-state index in [4.69, 9.17) is 0 Å². The van der Waals surface area contributed by atoms with E-state index in [-0.39, 0.29) is 11.9 Å². The Bertz CT molecular complexity index is 328. The van der Waals surface area contributed by atoms with Crippen LogP contribution in [0.15, 0.2) is 12.3 Å². The van der Waals surface area contributed by atoms with Gasteiger partial charge in [-0.3, -0.25) is 4.79 Å². The molecule has 0 spiro atoms. The number of hydrogen-bond donors (Lipinski definition) is 2. The number of aryl methyl sites for hydroxylation is 1. The topological polar surface area (TPSA) is 46.1 Å². The van der Waals surface area contributed by atoms with Crippen LogP contribution in [0.2, 0.25) is 0 Å². The minimum atomic E-state index is -0.0446. The zero-order valence-corrected chi connectivity index (χ0v) is 9.09. The maximum atomic E-state index is 11.7. The van der Waals surface area contributed by atoms with Gasteiger partial charge in [0, 0.05) is 26.3 Å². The monoisotopic (exact) mass is 195 g/mol. The molecule has 0 aliphatic rings. The van der Waals surface area contributed by atoms with Crippen molar-refractivity contribution in [3.05, 3.63) is 18.0 Å². The number of nitrogens with one attached hydrogen (secondary N) is 2. The first-order chi connectivity index (χ1) is 6.56. The first-order valence-corrected chi connectivity index (χ1v) is 4.70. The summed E-state index contributed by atoms with van der Waals surface area (Å²) in [7, 11) is 3.66. The van der Waals surface area contributed by atoms with Gasteiger partial charge in [-0.1, -0.05) is 0 Å². The highest BCUT2D eigenvalue weighted by Crippen LogP contribution is 2.15. The summed E-state index contributed by atoms with van der Waals surface area (Å²) in [6, 6.07) is 2.04. The lowest BCUT2D eigenvalue weighted by Gasteiger charge is -2.10. The van der Waals surface area contributed by atoms with E-state index in [2.05, 4.69) is 10.6 Å². The smallest absolute Gasteiger partial charge is 0.270 e. The Morgan fingerprint density at radius 2 is 2.14 bits per heavy atom. The van der Waals surface area contributed by atoms with Crippen LogP contribution in [0.4, 0.5) is 5.69 Å². The van der Waals surface area contributed by atoms with Gasteiger partial charge >= 0.3 is 0 Å². The predicted octanol–water partition coefficient (Wildman–Crippen LogP) is 1.20. The van der Waals surface area contributed by atoms with Crippen LogP contribution in [0.1, 0.15) is 24.3 Å². The van der Waals surface area contributed by atoms with Crippen molar-refractivity contribution in [2.45, 2.75) is 19.9 Å². The van der Waals surface area contributed by atoms with E-state index in [0.29, 0.717) is 5.69 Å². The normalized spacial score (nSPS) is 10.4. The minimum Gasteiger partial charge on any atom is -0.386 e. The van der Waals surface area contributed by atoms with Crippen LogP contribution in [0.25, 0.3) is 0 Å². The maximum absolute atomic E-state index is 11.7. The molecular formula is C10H17N3O. The molecule has 1 rings (SSSR count). The standard InChI is InChI=1S/C10H17N3O/c1-7(2)12-10(14)9-8(11-3)5-6-13(9)4/h5-7,11H,1-4H3,(H,12,14). The van der Waals surface area contributed by atoms with Crippen molar-refractivity contribution in [2.24, 2.45) is 7.05 Å². The lowest BCUT2D eigenvalue weighted by Crippen LogP contribution is -2.31. The Hall–Kier alpha value is -1.45. The van der Waals surface area contributed by atoms with Gasteiger partial charge in [0.15, 0.2) is 0 Å². The van der Waals surface area contributed by atoms with Crippen molar-refractivity contribution in [1.29, 1.82) is 0 Å². The Labute approximate surface area is 84.3 Å². The average molecular weight is 195 g/mol. The fourth-order valence-corrected chi connectivity index (χ4v) is 1.34. The van der Waals surface area contributed by atoms with Gasteiger partial charge in [-0.25, -0.2) is 0 Å². The molecule has 78 valence electrons. The number of anilines is 1. The van der Waals surface area contributed by atoms with Crippen LogP contribution in [0.5, 0.6) is 0 Å². The third-order valence-corrected chi connectivity index (χ3v) is 1.98. The van der Waals surface area contributed by atoms with Crippen molar-refractivity contribution >= 4 is 11.6 Å². The summed E-state index contributed by atoms with van der Waals surface area (Å²) >= 11 is 0. The lowest BCUT2D eigenvalue weighted by molar-refractivity contribution is 0.0936. The molecular weight excluding hydrogens is 178 g/mol. The summed E-state index contributed by atoms with van der Waals surface area (Å²) in [6.45, 7) is 3.89. The third-order valence-electron chi connectivity index (χ3n) is 1.98. The molecule has 0 aliphatic heterocycles. The Morgan fingerprint density at radius 1 is 1.50 bits per heavy atom. The van der Waals surface area contributed by atoms with Crippen molar-refractivity contribution in [2.75, 3.05) is 12.4 Å². The van der Waals surface area contributed by atoms with E-state index in [1.165, 1.54) is 0 Å². The fraction of sp³-hybridized carbons (Fsp3) is 0.500. The van der Waals surface area contributed by atoms with Gasteiger partial charge < -0.3 is 15.2 Å². The molecule has 0 saturated heterocycles. The molecule has 4 heteroatoms. The van der Waals surface area contributed by atoms with E-state index < -0.39 is 0 Å². The van der Waals surface area contributed by atoms with Gasteiger partial charge in [0.2, 0.25) is 0 Å². The van der Waals surface area contributed by atoms with E-state index >= 15 is 0 Å². The second-order valence-electron chi connectivity index (χ2n) is 3.57. The predicted molar refractivity (Wildman–Crippen MR) is 57.6 cm³/mol. The maximum Gasteiger partial charge on any atom is 0.270 e. The summed E-state index contributed by atoms with van der Waals surface area (Å²) in [5.74, 6) is -0.0446. The highest BCUT2D eigenvalue weighted by atomic mass is 16.2. The minimum absolute atomic E-state index is 0.0446. The molecule has 1 aromatic rings. The fourth-order valence-electron chi connectivity index (χ4n) is 1.34. The first-order valence-electron chi connectivity index (χ1n) is 4.70. The molecule has 0 fully saturated rings. The molecule has 1 aromatic heterocycles. The first kappa shape index (κ1) is 10.6. The van der Waals surface area contributed by atoms with Crippen LogP contribution in [0, 0.1) is 0 Å². The SMILES string of the molecule is CNc1ccn(C)c1C(=O)NC(C)C. The summed E-state index contributed by atoms with van der Waals surface area (Å²) < 4.78 is 1.81. The van der Waals surface area contributed by atoms with Crippen molar-refractivity contribution in [3.8, 4) is 0 Å². The number of carbonyl (C=O) groups is 1. The molecule has 0 saturated carbocycles. The number of rotatable bonds is 3. The van der Waals surface area contributed by atoms with Gasteiger partial charge in [0.05, 0.1) is 5.69 Å². The van der Waals surface area contributed by atoms with Crippen LogP contribution in [-0.4, -0.2) is 23.6 Å². The summed E-state index contributed by atoms with van der Waals surface area (Å²) in [4.78, 5) is 11.7. The van der Waals surface area contributed by atoms with E-state index in [1.54, 1.807) is 0 Å². The largest absolute Gasteiger partial charge is 0.386 e. The van der Waals surface area contributed by atoms with Gasteiger partial charge in [-0.15, -0.1) is 0 Å². The third kappa shape index (κ3) is 2.07. The van der Waals surface area contributed by atoms with E-state index in [9.17, 15) is 4.79 Å². The van der Waals surface area contributed by atoms with Crippen LogP contribution in [-0.2, 0) is 7.05 Å². The number of hydrogen-bond acceptors (Lipinski definition) is 2. The van der Waals surface area contributed by atoms with Crippen LogP contribution < -0.4 is 10.6 Å². The van der Waals surface area contributed by atoms with Gasteiger partial charge in [-0.2, -0.15) is 0 Å². The summed E-state index contributed by atoms with van der Waals surface area (Å²) in [5.41, 5.74) is 1.52. The molecule has 0 aromatic carbocycles. The number of amides is 1. The Balaban J connectivity index is 2.93. The molecule has 0 atom stereocenters. The second kappa shape index (κ2) is 4.17. The average Bonchev–Trinajstić information content (AvgIpc) is 2.45. The van der Waals surface area contributed by atoms with Gasteiger partial charge in [0.1, 0.15) is 5.69 Å². The Kier molecular flexibility index (Phi) is 3.17. The highest BCUT2D eigenvalue weighted by molar-refractivity contribution is 5.98. The second-order valence-corrected chi connectivity index (χ2v) is 3.57. The quantitative estimate of drug-likeness (QED) is 0.761. The molecule has 4 nitrogen and oxygen atoms in total.